The van der Waals surface area contributed by atoms with Gasteiger partial charge in [0, 0.05) is 5.70 Å². The maximum absolute atomic E-state index is 5.96. The highest BCUT2D eigenvalue weighted by molar-refractivity contribution is 5.47. The molecule has 2 aromatic carbocycles. The summed E-state index contributed by atoms with van der Waals surface area (Å²) in [5.41, 5.74) is 10.1. The minimum atomic E-state index is 0.816. The minimum Gasteiger partial charge on any atom is -0.493 e. The molecule has 170 valence electrons. The van der Waals surface area contributed by atoms with Gasteiger partial charge in [-0.05, 0) is 67.7 Å². The molecule has 0 amide bonds. The second kappa shape index (κ2) is 17.2. The zero-order chi connectivity index (χ0) is 22.7. The first-order valence-electron chi connectivity index (χ1n) is 12.0. The summed E-state index contributed by atoms with van der Waals surface area (Å²) >= 11 is 0. The molecule has 0 saturated carbocycles. The Morgan fingerprint density at radius 3 is 2.26 bits per heavy atom. The SMILES string of the molecule is C=C(N)CCCCC.C=Cc1ccc(CCCCCOc2ccccc2CCC)cc1. The molecule has 2 aromatic rings. The summed E-state index contributed by atoms with van der Waals surface area (Å²) in [6.45, 7) is 12.6. The van der Waals surface area contributed by atoms with Crippen LogP contribution < -0.4 is 10.5 Å². The lowest BCUT2D eigenvalue weighted by Crippen LogP contribution is -2.00. The Bertz CT molecular complexity index is 733. The van der Waals surface area contributed by atoms with Gasteiger partial charge in [0.05, 0.1) is 6.61 Å². The molecule has 0 atom stereocenters. The number of hydrogen-bond donors (Lipinski definition) is 1. The van der Waals surface area contributed by atoms with Crippen LogP contribution in [0.25, 0.3) is 6.08 Å². The molecule has 0 aromatic heterocycles. The molecule has 0 aliphatic rings. The molecule has 0 bridgehead atoms. The first kappa shape index (κ1) is 26.6. The highest BCUT2D eigenvalue weighted by Gasteiger charge is 2.01. The molecule has 0 saturated heterocycles. The third-order valence-electron chi connectivity index (χ3n) is 5.18. The van der Waals surface area contributed by atoms with Crippen molar-refractivity contribution in [2.75, 3.05) is 6.61 Å². The van der Waals surface area contributed by atoms with E-state index in [1.807, 2.05) is 6.08 Å². The summed E-state index contributed by atoms with van der Waals surface area (Å²) in [5.74, 6) is 1.06. The summed E-state index contributed by atoms with van der Waals surface area (Å²) < 4.78 is 5.96. The number of benzene rings is 2. The van der Waals surface area contributed by atoms with E-state index in [4.69, 9.17) is 10.5 Å². The van der Waals surface area contributed by atoms with Gasteiger partial charge in [0.15, 0.2) is 0 Å². The quantitative estimate of drug-likeness (QED) is 0.313. The first-order chi connectivity index (χ1) is 15.1. The molecule has 2 heteroatoms. The number of unbranched alkanes of at least 4 members (excludes halogenated alkanes) is 4. The van der Waals surface area contributed by atoms with Crippen molar-refractivity contribution in [3.63, 3.8) is 0 Å². The van der Waals surface area contributed by atoms with Gasteiger partial charge in [0.25, 0.3) is 0 Å². The van der Waals surface area contributed by atoms with Gasteiger partial charge in [-0.15, -0.1) is 0 Å². The maximum Gasteiger partial charge on any atom is 0.122 e. The number of ether oxygens (including phenoxy) is 1. The second-order valence-electron chi connectivity index (χ2n) is 8.08. The normalized spacial score (nSPS) is 10.1. The van der Waals surface area contributed by atoms with Crippen LogP contribution >= 0.6 is 0 Å². The summed E-state index contributed by atoms with van der Waals surface area (Å²) in [5, 5.41) is 0. The number of nitrogens with two attached hydrogens (primary N) is 1. The van der Waals surface area contributed by atoms with E-state index in [1.165, 1.54) is 48.8 Å². The molecule has 0 heterocycles. The molecular formula is C29H43NO. The van der Waals surface area contributed by atoms with Gasteiger partial charge in [-0.3, -0.25) is 0 Å². The van der Waals surface area contributed by atoms with Crippen molar-refractivity contribution < 1.29 is 4.74 Å². The summed E-state index contributed by atoms with van der Waals surface area (Å²) in [6, 6.07) is 17.1. The number of rotatable bonds is 14. The lowest BCUT2D eigenvalue weighted by Gasteiger charge is -2.10. The van der Waals surface area contributed by atoms with Crippen LogP contribution in [0.15, 0.2) is 67.4 Å². The lowest BCUT2D eigenvalue weighted by molar-refractivity contribution is 0.302. The average molecular weight is 422 g/mol. The Kier molecular flexibility index (Phi) is 14.8. The Hall–Kier alpha value is -2.48. The smallest absolute Gasteiger partial charge is 0.122 e. The van der Waals surface area contributed by atoms with Crippen LogP contribution in [0.5, 0.6) is 5.75 Å². The minimum absolute atomic E-state index is 0.816. The molecular weight excluding hydrogens is 378 g/mol. The second-order valence-corrected chi connectivity index (χ2v) is 8.08. The first-order valence-corrected chi connectivity index (χ1v) is 12.0. The van der Waals surface area contributed by atoms with Gasteiger partial charge < -0.3 is 10.5 Å². The van der Waals surface area contributed by atoms with Gasteiger partial charge in [-0.2, -0.15) is 0 Å². The zero-order valence-electron chi connectivity index (χ0n) is 19.9. The lowest BCUT2D eigenvalue weighted by atomic mass is 10.1. The molecule has 0 aliphatic heterocycles. The van der Waals surface area contributed by atoms with Crippen molar-refractivity contribution in [2.45, 2.75) is 78.1 Å². The van der Waals surface area contributed by atoms with E-state index >= 15 is 0 Å². The molecule has 0 radical (unpaired) electrons. The van der Waals surface area contributed by atoms with E-state index in [0.717, 1.165) is 50.2 Å². The summed E-state index contributed by atoms with van der Waals surface area (Å²) in [6.07, 6.45) is 13.5. The van der Waals surface area contributed by atoms with E-state index in [9.17, 15) is 0 Å². The Balaban J connectivity index is 0.000000512. The maximum atomic E-state index is 5.96. The van der Waals surface area contributed by atoms with E-state index in [-0.39, 0.29) is 0 Å². The van der Waals surface area contributed by atoms with Crippen LogP contribution in [0.1, 0.15) is 81.9 Å². The van der Waals surface area contributed by atoms with E-state index in [1.54, 1.807) is 0 Å². The predicted molar refractivity (Wildman–Crippen MR) is 137 cm³/mol. The van der Waals surface area contributed by atoms with Crippen LogP contribution in [0.3, 0.4) is 0 Å². The molecule has 2 rings (SSSR count). The third-order valence-corrected chi connectivity index (χ3v) is 5.18. The Morgan fingerprint density at radius 1 is 0.871 bits per heavy atom. The summed E-state index contributed by atoms with van der Waals surface area (Å²) in [4.78, 5) is 0. The topological polar surface area (TPSA) is 35.2 Å². The molecule has 2 nitrogen and oxygen atoms in total. The molecule has 0 fully saturated rings. The fourth-order valence-corrected chi connectivity index (χ4v) is 3.33. The van der Waals surface area contributed by atoms with Crippen molar-refractivity contribution in [3.05, 3.63) is 84.1 Å². The van der Waals surface area contributed by atoms with Crippen LogP contribution in [0.4, 0.5) is 0 Å². The van der Waals surface area contributed by atoms with Crippen LogP contribution in [0.2, 0.25) is 0 Å². The van der Waals surface area contributed by atoms with Crippen molar-refractivity contribution >= 4 is 6.08 Å². The standard InChI is InChI=1S/C22H28O.C7H15N/c1-3-10-21-12-7-8-13-22(21)23-18-9-5-6-11-20-16-14-19(4-2)15-17-20;1-3-4-5-6-7(2)8/h4,7-8,12-17H,2-3,5-6,9-11,18H2,1H3;2-6,8H2,1H3. The van der Waals surface area contributed by atoms with Crippen molar-refractivity contribution in [2.24, 2.45) is 5.73 Å². The third kappa shape index (κ3) is 12.7. The van der Waals surface area contributed by atoms with E-state index < -0.39 is 0 Å². The Morgan fingerprint density at radius 2 is 1.61 bits per heavy atom. The van der Waals surface area contributed by atoms with Gasteiger partial charge in [-0.25, -0.2) is 0 Å². The predicted octanol–water partition coefficient (Wildman–Crippen LogP) is 8.11. The Labute approximate surface area is 191 Å². The van der Waals surface area contributed by atoms with Gasteiger partial charge in [-0.1, -0.05) is 94.8 Å². The molecule has 0 spiro atoms. The van der Waals surface area contributed by atoms with E-state index in [2.05, 4.69) is 75.5 Å². The van der Waals surface area contributed by atoms with Gasteiger partial charge in [0.1, 0.15) is 5.75 Å². The van der Waals surface area contributed by atoms with Crippen LogP contribution in [-0.2, 0) is 12.8 Å². The zero-order valence-corrected chi connectivity index (χ0v) is 19.9. The van der Waals surface area contributed by atoms with Crippen LogP contribution in [0, 0.1) is 0 Å². The highest BCUT2D eigenvalue weighted by Crippen LogP contribution is 2.20. The van der Waals surface area contributed by atoms with Gasteiger partial charge >= 0.3 is 0 Å². The van der Waals surface area contributed by atoms with E-state index in [0.29, 0.717) is 0 Å². The van der Waals surface area contributed by atoms with Crippen molar-refractivity contribution in [1.29, 1.82) is 0 Å². The number of aryl methyl sites for hydroxylation is 2. The molecule has 0 unspecified atom stereocenters. The average Bonchev–Trinajstić information content (AvgIpc) is 2.78. The molecule has 2 N–H and O–H groups in total. The fraction of sp³-hybridized carbons (Fsp3) is 0.448. The largest absolute Gasteiger partial charge is 0.493 e. The molecule has 0 aliphatic carbocycles. The van der Waals surface area contributed by atoms with Gasteiger partial charge in [0.2, 0.25) is 0 Å². The van der Waals surface area contributed by atoms with Crippen molar-refractivity contribution in [3.8, 4) is 5.75 Å². The van der Waals surface area contributed by atoms with Crippen LogP contribution in [-0.4, -0.2) is 6.61 Å². The number of hydrogen-bond acceptors (Lipinski definition) is 2. The number of allylic oxidation sites excluding steroid dienone is 1. The highest BCUT2D eigenvalue weighted by atomic mass is 16.5. The molecule has 31 heavy (non-hydrogen) atoms. The summed E-state index contributed by atoms with van der Waals surface area (Å²) in [7, 11) is 0. The monoisotopic (exact) mass is 421 g/mol. The number of para-hydroxylation sites is 1. The van der Waals surface area contributed by atoms with Crippen molar-refractivity contribution in [1.82, 2.24) is 0 Å². The fourth-order valence-electron chi connectivity index (χ4n) is 3.33.